The third kappa shape index (κ3) is 4.21. The van der Waals surface area contributed by atoms with Gasteiger partial charge in [-0.05, 0) is 5.56 Å². The molecule has 7 heteroatoms. The molecular weight excluding hydrogens is 380 g/mol. The Kier molecular flexibility index (Phi) is 5.81. The predicted molar refractivity (Wildman–Crippen MR) is 116 cm³/mol. The molecule has 2 aromatic heterocycles. The van der Waals surface area contributed by atoms with Crippen LogP contribution >= 0.6 is 0 Å². The first-order valence-electron chi connectivity index (χ1n) is 10.2. The van der Waals surface area contributed by atoms with Crippen molar-refractivity contribution in [3.8, 4) is 11.1 Å². The van der Waals surface area contributed by atoms with Crippen molar-refractivity contribution in [1.29, 1.82) is 0 Å². The largest absolute Gasteiger partial charge is 0.367 e. The van der Waals surface area contributed by atoms with Gasteiger partial charge in [0.25, 0.3) is 5.56 Å². The van der Waals surface area contributed by atoms with Crippen molar-refractivity contribution in [2.24, 2.45) is 7.05 Å². The van der Waals surface area contributed by atoms with Gasteiger partial charge in [-0.3, -0.25) is 14.3 Å². The lowest BCUT2D eigenvalue weighted by Gasteiger charge is -2.34. The van der Waals surface area contributed by atoms with Crippen LogP contribution < -0.4 is 10.5 Å². The molecule has 30 heavy (non-hydrogen) atoms. The van der Waals surface area contributed by atoms with Crippen molar-refractivity contribution in [3.05, 3.63) is 70.9 Å². The number of nitrogens with zero attached hydrogens (tertiary/aromatic N) is 4. The number of pyridine rings is 1. The summed E-state index contributed by atoms with van der Waals surface area (Å²) in [7, 11) is 1.74. The van der Waals surface area contributed by atoms with Crippen LogP contribution in [0, 0.1) is 0 Å². The molecule has 1 aliphatic rings. The number of hydrogen-bond donors (Lipinski definition) is 0. The van der Waals surface area contributed by atoms with Gasteiger partial charge in [-0.15, -0.1) is 0 Å². The minimum absolute atomic E-state index is 0.0840. The number of aryl methyl sites for hydroxylation is 1. The Balaban J connectivity index is 1.66. The third-order valence-corrected chi connectivity index (χ3v) is 5.45. The Morgan fingerprint density at radius 2 is 2.03 bits per heavy atom. The van der Waals surface area contributed by atoms with Gasteiger partial charge in [0.2, 0.25) is 0 Å². The Labute approximate surface area is 175 Å². The second kappa shape index (κ2) is 8.67. The van der Waals surface area contributed by atoms with E-state index >= 15 is 0 Å². The van der Waals surface area contributed by atoms with E-state index in [-0.39, 0.29) is 11.3 Å². The number of benzene rings is 1. The van der Waals surface area contributed by atoms with Crippen LogP contribution in [0.5, 0.6) is 0 Å². The Bertz CT molecular complexity index is 1090. The van der Waals surface area contributed by atoms with Crippen LogP contribution in [0.3, 0.4) is 0 Å². The maximum Gasteiger partial charge on any atom is 0.252 e. The molecule has 1 atom stereocenters. The average molecular weight is 406 g/mol. The molecule has 1 aromatic carbocycles. The van der Waals surface area contributed by atoms with Gasteiger partial charge in [0.1, 0.15) is 6.10 Å². The fourth-order valence-electron chi connectivity index (χ4n) is 3.75. The van der Waals surface area contributed by atoms with Gasteiger partial charge in [-0.1, -0.05) is 37.3 Å². The molecule has 1 saturated heterocycles. The summed E-state index contributed by atoms with van der Waals surface area (Å²) in [6.07, 6.45) is 5.63. The molecule has 4 rings (SSSR count). The Hall–Kier alpha value is -3.19. The fourth-order valence-corrected chi connectivity index (χ4v) is 3.75. The quantitative estimate of drug-likeness (QED) is 0.629. The molecule has 0 amide bonds. The van der Waals surface area contributed by atoms with Crippen LogP contribution in [0.4, 0.5) is 5.69 Å². The zero-order chi connectivity index (χ0) is 21.1. The van der Waals surface area contributed by atoms with E-state index < -0.39 is 6.10 Å². The first-order chi connectivity index (χ1) is 14.5. The number of ketones is 1. The number of carbonyl (C=O) groups excluding carboxylic acids is 1. The lowest BCUT2D eigenvalue weighted by molar-refractivity contribution is -0.130. The molecule has 0 spiro atoms. The standard InChI is InChI=1S/C23H26N4O3/c1-3-21(28)22-16-26(9-10-30-22)20-11-23(29)25(2)15-19(20)18-12-24-27(14-18)13-17-7-5-4-6-8-17/h4-8,11-12,14-15,22H,3,9-10,13,16H2,1-2H3/t22-/m0/s1. The van der Waals surface area contributed by atoms with Gasteiger partial charge < -0.3 is 14.2 Å². The van der Waals surface area contributed by atoms with E-state index in [2.05, 4.69) is 22.1 Å². The van der Waals surface area contributed by atoms with Crippen LogP contribution in [0.1, 0.15) is 18.9 Å². The van der Waals surface area contributed by atoms with Gasteiger partial charge in [-0.25, -0.2) is 0 Å². The summed E-state index contributed by atoms with van der Waals surface area (Å²) in [5.41, 5.74) is 3.74. The number of aromatic nitrogens is 3. The number of rotatable bonds is 6. The van der Waals surface area contributed by atoms with Crippen molar-refractivity contribution in [1.82, 2.24) is 14.3 Å². The van der Waals surface area contributed by atoms with E-state index in [1.165, 1.54) is 5.56 Å². The highest BCUT2D eigenvalue weighted by Crippen LogP contribution is 2.30. The van der Waals surface area contributed by atoms with Crippen LogP contribution in [0.15, 0.2) is 59.8 Å². The first kappa shape index (κ1) is 20.1. The summed E-state index contributed by atoms with van der Waals surface area (Å²) in [5.74, 6) is 0.0840. The summed E-state index contributed by atoms with van der Waals surface area (Å²) in [4.78, 5) is 26.6. The summed E-state index contributed by atoms with van der Waals surface area (Å²) < 4.78 is 9.12. The van der Waals surface area contributed by atoms with Gasteiger partial charge in [-0.2, -0.15) is 5.10 Å². The van der Waals surface area contributed by atoms with Crippen molar-refractivity contribution < 1.29 is 9.53 Å². The minimum atomic E-state index is -0.457. The number of anilines is 1. The fraction of sp³-hybridized carbons (Fsp3) is 0.348. The second-order valence-corrected chi connectivity index (χ2v) is 7.56. The van der Waals surface area contributed by atoms with Crippen LogP contribution in [-0.4, -0.2) is 45.9 Å². The number of hydrogen-bond acceptors (Lipinski definition) is 5. The van der Waals surface area contributed by atoms with Crippen LogP contribution in [-0.2, 0) is 23.1 Å². The van der Waals surface area contributed by atoms with E-state index in [0.717, 1.165) is 16.8 Å². The number of carbonyl (C=O) groups is 1. The molecule has 156 valence electrons. The van der Waals surface area contributed by atoms with Gasteiger partial charge in [0.15, 0.2) is 5.78 Å². The number of Topliss-reactive ketones (excluding diaryl/α,β-unsaturated/α-hetero) is 1. The molecule has 0 unspecified atom stereocenters. The maximum absolute atomic E-state index is 12.4. The molecule has 0 aliphatic carbocycles. The first-order valence-corrected chi connectivity index (χ1v) is 10.2. The normalized spacial score (nSPS) is 16.6. The van der Waals surface area contributed by atoms with Crippen LogP contribution in [0.25, 0.3) is 11.1 Å². The predicted octanol–water partition coefficient (Wildman–Crippen LogP) is 2.48. The third-order valence-electron chi connectivity index (χ3n) is 5.45. The minimum Gasteiger partial charge on any atom is -0.367 e. The number of morpholine rings is 1. The monoisotopic (exact) mass is 406 g/mol. The van der Waals surface area contributed by atoms with Gasteiger partial charge in [0, 0.05) is 49.6 Å². The van der Waals surface area contributed by atoms with Crippen molar-refractivity contribution in [2.75, 3.05) is 24.6 Å². The van der Waals surface area contributed by atoms with Crippen molar-refractivity contribution in [3.63, 3.8) is 0 Å². The molecule has 7 nitrogen and oxygen atoms in total. The lowest BCUT2D eigenvalue weighted by atomic mass is 10.1. The topological polar surface area (TPSA) is 69.4 Å². The molecule has 0 bridgehead atoms. The Morgan fingerprint density at radius 3 is 2.80 bits per heavy atom. The van der Waals surface area contributed by atoms with E-state index in [9.17, 15) is 9.59 Å². The average Bonchev–Trinajstić information content (AvgIpc) is 3.23. The van der Waals surface area contributed by atoms with E-state index in [0.29, 0.717) is 32.7 Å². The molecule has 1 aliphatic heterocycles. The smallest absolute Gasteiger partial charge is 0.252 e. The molecular formula is C23H26N4O3. The summed E-state index contributed by atoms with van der Waals surface area (Å²) >= 11 is 0. The Morgan fingerprint density at radius 1 is 1.23 bits per heavy atom. The summed E-state index contributed by atoms with van der Waals surface area (Å²) in [6, 6.07) is 11.8. The van der Waals surface area contributed by atoms with Crippen LogP contribution in [0.2, 0.25) is 0 Å². The SMILES string of the molecule is CCC(=O)[C@@H]1CN(c2cc(=O)n(C)cc2-c2cnn(Cc3ccccc3)c2)CCO1. The zero-order valence-corrected chi connectivity index (χ0v) is 17.3. The molecule has 3 heterocycles. The molecule has 0 N–H and O–H groups in total. The molecule has 0 saturated carbocycles. The lowest BCUT2D eigenvalue weighted by Crippen LogP contribution is -2.46. The number of ether oxygens (including phenoxy) is 1. The van der Waals surface area contributed by atoms with Crippen molar-refractivity contribution in [2.45, 2.75) is 26.0 Å². The van der Waals surface area contributed by atoms with Crippen molar-refractivity contribution >= 4 is 11.5 Å². The van der Waals surface area contributed by atoms with E-state index in [1.807, 2.05) is 48.4 Å². The molecule has 0 radical (unpaired) electrons. The highest BCUT2D eigenvalue weighted by molar-refractivity contribution is 5.84. The maximum atomic E-state index is 12.4. The molecule has 3 aromatic rings. The zero-order valence-electron chi connectivity index (χ0n) is 17.3. The highest BCUT2D eigenvalue weighted by Gasteiger charge is 2.27. The molecule has 1 fully saturated rings. The summed E-state index contributed by atoms with van der Waals surface area (Å²) in [5, 5.41) is 4.51. The van der Waals surface area contributed by atoms with E-state index in [4.69, 9.17) is 4.74 Å². The van der Waals surface area contributed by atoms with Gasteiger partial charge >= 0.3 is 0 Å². The summed E-state index contributed by atoms with van der Waals surface area (Å²) in [6.45, 7) is 4.05. The highest BCUT2D eigenvalue weighted by atomic mass is 16.5. The van der Waals surface area contributed by atoms with E-state index in [1.54, 1.807) is 17.7 Å². The second-order valence-electron chi connectivity index (χ2n) is 7.56. The van der Waals surface area contributed by atoms with Gasteiger partial charge in [0.05, 0.1) is 31.6 Å².